The fraction of sp³-hybridized carbons (Fsp3) is 0.250. The van der Waals surface area contributed by atoms with Crippen LogP contribution in [0.1, 0.15) is 29.2 Å². The number of thioether (sulfide) groups is 2. The van der Waals surface area contributed by atoms with Crippen LogP contribution in [-0.2, 0) is 0 Å². The Hall–Kier alpha value is -1.62. The molecule has 2 atom stereocenters. The Kier molecular flexibility index (Phi) is 3.87. The summed E-state index contributed by atoms with van der Waals surface area (Å²) in [4.78, 5) is 2.57. The summed E-state index contributed by atoms with van der Waals surface area (Å²) in [5.74, 6) is 0. The SMILES string of the molecule is N#Cc1ccc(C2CC=C(C3=CCC(C#N)S3)S2)cc1. The maximum atomic E-state index is 8.95. The van der Waals surface area contributed by atoms with Gasteiger partial charge in [0.05, 0.1) is 23.0 Å². The number of nitrogens with zero attached hydrogens (tertiary/aromatic N) is 2. The minimum Gasteiger partial charge on any atom is -0.197 e. The number of hydrogen-bond donors (Lipinski definition) is 0. The fourth-order valence-corrected chi connectivity index (χ4v) is 4.72. The van der Waals surface area contributed by atoms with Crippen molar-refractivity contribution in [2.75, 3.05) is 0 Å². The first-order valence-corrected chi connectivity index (χ1v) is 8.20. The quantitative estimate of drug-likeness (QED) is 0.804. The minimum absolute atomic E-state index is 0.0838. The van der Waals surface area contributed by atoms with E-state index in [0.717, 1.165) is 12.8 Å². The molecule has 0 radical (unpaired) electrons. The number of benzene rings is 1. The summed E-state index contributed by atoms with van der Waals surface area (Å²) < 4.78 is 0. The van der Waals surface area contributed by atoms with Crippen LogP contribution < -0.4 is 0 Å². The highest BCUT2D eigenvalue weighted by atomic mass is 32.2. The lowest BCUT2D eigenvalue weighted by molar-refractivity contribution is 0.989. The third-order valence-corrected chi connectivity index (χ3v) is 6.11. The highest BCUT2D eigenvalue weighted by molar-refractivity contribution is 8.09. The number of allylic oxidation sites excluding steroid dienone is 2. The van der Waals surface area contributed by atoms with Gasteiger partial charge in [-0.3, -0.25) is 0 Å². The zero-order chi connectivity index (χ0) is 13.9. The van der Waals surface area contributed by atoms with Crippen molar-refractivity contribution in [3.63, 3.8) is 0 Å². The van der Waals surface area contributed by atoms with Crippen LogP contribution >= 0.6 is 23.5 Å². The zero-order valence-corrected chi connectivity index (χ0v) is 12.4. The monoisotopic (exact) mass is 296 g/mol. The molecule has 0 fully saturated rings. The maximum absolute atomic E-state index is 8.95. The first-order chi connectivity index (χ1) is 9.80. The van der Waals surface area contributed by atoms with E-state index in [2.05, 4.69) is 24.3 Å². The van der Waals surface area contributed by atoms with Gasteiger partial charge in [0.25, 0.3) is 0 Å². The molecule has 0 N–H and O–H groups in total. The van der Waals surface area contributed by atoms with E-state index in [4.69, 9.17) is 10.5 Å². The summed E-state index contributed by atoms with van der Waals surface area (Å²) in [5, 5.41) is 18.3. The van der Waals surface area contributed by atoms with E-state index in [1.165, 1.54) is 15.4 Å². The van der Waals surface area contributed by atoms with E-state index >= 15 is 0 Å². The van der Waals surface area contributed by atoms with Crippen molar-refractivity contribution in [1.29, 1.82) is 10.5 Å². The molecule has 1 aromatic rings. The van der Waals surface area contributed by atoms with Gasteiger partial charge < -0.3 is 0 Å². The number of rotatable bonds is 2. The van der Waals surface area contributed by atoms with E-state index < -0.39 is 0 Å². The Bertz CT molecular complexity index is 659. The van der Waals surface area contributed by atoms with E-state index in [-0.39, 0.29) is 5.25 Å². The van der Waals surface area contributed by atoms with Gasteiger partial charge in [-0.05, 0) is 30.5 Å². The van der Waals surface area contributed by atoms with Crippen molar-refractivity contribution in [1.82, 2.24) is 0 Å². The third kappa shape index (κ3) is 2.63. The van der Waals surface area contributed by atoms with Gasteiger partial charge in [0, 0.05) is 15.1 Å². The molecule has 2 nitrogen and oxygen atoms in total. The van der Waals surface area contributed by atoms with E-state index in [1.54, 1.807) is 11.8 Å². The first-order valence-electron chi connectivity index (χ1n) is 6.44. The predicted octanol–water partition coefficient (Wildman–Crippen LogP) is 4.53. The molecule has 3 rings (SSSR count). The van der Waals surface area contributed by atoms with Crippen molar-refractivity contribution < 1.29 is 0 Å². The van der Waals surface area contributed by atoms with Crippen molar-refractivity contribution in [3.05, 3.63) is 57.4 Å². The van der Waals surface area contributed by atoms with Crippen molar-refractivity contribution in [2.24, 2.45) is 0 Å². The summed E-state index contributed by atoms with van der Waals surface area (Å²) >= 11 is 3.55. The van der Waals surface area contributed by atoms with Crippen LogP contribution in [0.4, 0.5) is 0 Å². The lowest BCUT2D eigenvalue weighted by atomic mass is 10.1. The second kappa shape index (κ2) is 5.79. The van der Waals surface area contributed by atoms with Crippen LogP contribution in [0.3, 0.4) is 0 Å². The molecule has 0 amide bonds. The summed E-state index contributed by atoms with van der Waals surface area (Å²) in [6, 6.07) is 12.3. The topological polar surface area (TPSA) is 47.6 Å². The Morgan fingerprint density at radius 1 is 0.950 bits per heavy atom. The van der Waals surface area contributed by atoms with Crippen molar-refractivity contribution in [2.45, 2.75) is 23.3 Å². The molecule has 0 saturated carbocycles. The summed E-state index contributed by atoms with van der Waals surface area (Å²) in [7, 11) is 0. The Labute approximate surface area is 127 Å². The van der Waals surface area contributed by atoms with Gasteiger partial charge in [-0.25, -0.2) is 0 Å². The van der Waals surface area contributed by atoms with Crippen LogP contribution in [0.2, 0.25) is 0 Å². The van der Waals surface area contributed by atoms with Crippen molar-refractivity contribution >= 4 is 23.5 Å². The molecule has 0 saturated heterocycles. The second-order valence-corrected chi connectivity index (χ2v) is 7.17. The average Bonchev–Trinajstić information content (AvgIpc) is 3.16. The second-order valence-electron chi connectivity index (χ2n) is 4.68. The van der Waals surface area contributed by atoms with Gasteiger partial charge >= 0.3 is 0 Å². The molecule has 0 bridgehead atoms. The van der Waals surface area contributed by atoms with Gasteiger partial charge in [-0.1, -0.05) is 24.3 Å². The fourth-order valence-electron chi connectivity index (χ4n) is 2.30. The largest absolute Gasteiger partial charge is 0.197 e. The number of nitriles is 2. The van der Waals surface area contributed by atoms with Gasteiger partial charge in [0.2, 0.25) is 0 Å². The van der Waals surface area contributed by atoms with Gasteiger partial charge in [-0.15, -0.1) is 23.5 Å². The maximum Gasteiger partial charge on any atom is 0.0998 e. The highest BCUT2D eigenvalue weighted by Gasteiger charge is 2.26. The molecule has 98 valence electrons. The summed E-state index contributed by atoms with van der Waals surface area (Å²) in [6.07, 6.45) is 6.32. The van der Waals surface area contributed by atoms with Crippen LogP contribution in [0.25, 0.3) is 0 Å². The van der Waals surface area contributed by atoms with E-state index in [0.29, 0.717) is 10.8 Å². The molecule has 2 aliphatic heterocycles. The first kappa shape index (κ1) is 13.4. The standard InChI is InChI=1S/C16H12N2S2/c17-9-11-1-3-12(4-2-11)14-7-8-16(20-14)15-6-5-13(10-18)19-15/h1-4,6,8,13-14H,5,7H2. The van der Waals surface area contributed by atoms with E-state index in [1.807, 2.05) is 36.0 Å². The number of hydrogen-bond acceptors (Lipinski definition) is 4. The average molecular weight is 296 g/mol. The molecule has 2 unspecified atom stereocenters. The smallest absolute Gasteiger partial charge is 0.0998 e. The zero-order valence-electron chi connectivity index (χ0n) is 10.7. The molecular formula is C16H12N2S2. The highest BCUT2D eigenvalue weighted by Crippen LogP contribution is 2.51. The van der Waals surface area contributed by atoms with Gasteiger partial charge in [0.15, 0.2) is 0 Å². The molecule has 4 heteroatoms. The molecule has 0 aromatic heterocycles. The Morgan fingerprint density at radius 3 is 2.30 bits per heavy atom. The van der Waals surface area contributed by atoms with Crippen LogP contribution in [0.15, 0.2) is 46.2 Å². The molecular weight excluding hydrogens is 284 g/mol. The summed E-state index contributed by atoms with van der Waals surface area (Å²) in [5.41, 5.74) is 1.97. The molecule has 0 spiro atoms. The summed E-state index contributed by atoms with van der Waals surface area (Å²) in [6.45, 7) is 0. The van der Waals surface area contributed by atoms with Crippen LogP contribution in [0.5, 0.6) is 0 Å². The Balaban J connectivity index is 1.67. The predicted molar refractivity (Wildman–Crippen MR) is 83.9 cm³/mol. The molecule has 1 aromatic carbocycles. The lowest BCUT2D eigenvalue weighted by Gasteiger charge is -2.11. The van der Waals surface area contributed by atoms with Crippen molar-refractivity contribution in [3.8, 4) is 12.1 Å². The van der Waals surface area contributed by atoms with Gasteiger partial charge in [0.1, 0.15) is 0 Å². The van der Waals surface area contributed by atoms with Crippen LogP contribution in [-0.4, -0.2) is 5.25 Å². The normalized spacial score (nSPS) is 24.7. The molecule has 20 heavy (non-hydrogen) atoms. The minimum atomic E-state index is 0.0838. The van der Waals surface area contributed by atoms with Crippen LogP contribution in [0, 0.1) is 22.7 Å². The molecule has 2 aliphatic rings. The molecule has 2 heterocycles. The lowest BCUT2D eigenvalue weighted by Crippen LogP contribution is -1.90. The Morgan fingerprint density at radius 2 is 1.65 bits per heavy atom. The van der Waals surface area contributed by atoms with Gasteiger partial charge in [-0.2, -0.15) is 10.5 Å². The molecule has 0 aliphatic carbocycles. The third-order valence-electron chi connectivity index (χ3n) is 3.37. The van der Waals surface area contributed by atoms with E-state index in [9.17, 15) is 0 Å².